The van der Waals surface area contributed by atoms with Gasteiger partial charge in [-0.2, -0.15) is 0 Å². The molecular weight excluding hydrogens is 332 g/mol. The van der Waals surface area contributed by atoms with Crippen LogP contribution in [0.15, 0.2) is 34.9 Å². The molecule has 5 aliphatic rings. The summed E-state index contributed by atoms with van der Waals surface area (Å²) >= 11 is 0. The second kappa shape index (κ2) is 5.04. The van der Waals surface area contributed by atoms with Crippen molar-refractivity contribution in [3.63, 3.8) is 0 Å². The van der Waals surface area contributed by atoms with Gasteiger partial charge in [0.25, 0.3) is 0 Å². The fourth-order valence-electron chi connectivity index (χ4n) is 8.10. The van der Waals surface area contributed by atoms with E-state index in [4.69, 9.17) is 11.5 Å². The van der Waals surface area contributed by atoms with Crippen LogP contribution in [0.25, 0.3) is 0 Å². The van der Waals surface area contributed by atoms with E-state index in [-0.39, 0.29) is 22.7 Å². The van der Waals surface area contributed by atoms with Crippen LogP contribution in [-0.4, -0.2) is 17.4 Å². The van der Waals surface area contributed by atoms with Gasteiger partial charge in [-0.1, -0.05) is 32.9 Å². The predicted molar refractivity (Wildman–Crippen MR) is 109 cm³/mol. The molecule has 7 atom stereocenters. The molecule has 0 bridgehead atoms. The molecule has 4 N–H and O–H groups in total. The Morgan fingerprint density at radius 1 is 1.11 bits per heavy atom. The van der Waals surface area contributed by atoms with Gasteiger partial charge in [0.1, 0.15) is 0 Å². The largest absolute Gasteiger partial charge is 0.322 e. The Labute approximate surface area is 163 Å². The summed E-state index contributed by atoms with van der Waals surface area (Å²) in [7, 11) is 0. The number of fused-ring (bicyclic) bond motifs is 3. The zero-order valence-electron chi connectivity index (χ0n) is 17.3. The van der Waals surface area contributed by atoms with Crippen LogP contribution in [0.2, 0.25) is 0 Å². The van der Waals surface area contributed by atoms with E-state index >= 15 is 0 Å². The summed E-state index contributed by atoms with van der Waals surface area (Å²) < 4.78 is 0. The maximum Gasteiger partial charge on any atom is 0.155 e. The van der Waals surface area contributed by atoms with Gasteiger partial charge in [0.2, 0.25) is 0 Å². The lowest BCUT2D eigenvalue weighted by Gasteiger charge is -2.57. The van der Waals surface area contributed by atoms with Crippen molar-refractivity contribution in [2.45, 2.75) is 77.8 Å². The molecule has 5 aliphatic carbocycles. The number of allylic oxidation sites excluding steroid dienone is 4. The molecule has 0 heterocycles. The van der Waals surface area contributed by atoms with Gasteiger partial charge in [0, 0.05) is 23.3 Å². The topological polar surface area (TPSA) is 69.1 Å². The molecule has 2 saturated carbocycles. The Bertz CT molecular complexity index is 833. The highest BCUT2D eigenvalue weighted by molar-refractivity contribution is 5.92. The van der Waals surface area contributed by atoms with Crippen LogP contribution in [0.4, 0.5) is 0 Å². The first-order valence-electron chi connectivity index (χ1n) is 10.8. The van der Waals surface area contributed by atoms with Crippen LogP contribution >= 0.6 is 0 Å². The second-order valence-corrected chi connectivity index (χ2v) is 10.8. The average molecular weight is 367 g/mol. The summed E-state index contributed by atoms with van der Waals surface area (Å²) in [6, 6.07) is -0.209. The summed E-state index contributed by atoms with van der Waals surface area (Å²) in [6.07, 6.45) is 13.4. The van der Waals surface area contributed by atoms with Crippen molar-refractivity contribution < 1.29 is 4.79 Å². The van der Waals surface area contributed by atoms with E-state index in [1.807, 2.05) is 6.08 Å². The molecule has 3 nitrogen and oxygen atoms in total. The molecule has 0 amide bonds. The summed E-state index contributed by atoms with van der Waals surface area (Å²) in [6.45, 7) is 9.31. The SMILES string of the molecule is C[C@@H]1CC[C@]2(C)CCC3C4=C(C=CC312)C1(C)CCC(=O)C=C1C(C)(N)C4N. The van der Waals surface area contributed by atoms with Crippen molar-refractivity contribution >= 4 is 5.78 Å². The normalized spacial score (nSPS) is 53.6. The Balaban J connectivity index is 1.75. The Kier molecular flexibility index (Phi) is 3.34. The van der Waals surface area contributed by atoms with Crippen molar-refractivity contribution in [2.75, 3.05) is 0 Å². The molecule has 0 saturated heterocycles. The third kappa shape index (κ3) is 1.84. The molecule has 27 heavy (non-hydrogen) atoms. The maximum absolute atomic E-state index is 12.2. The quantitative estimate of drug-likeness (QED) is 0.680. The third-order valence-electron chi connectivity index (χ3n) is 9.69. The first kappa shape index (κ1) is 17.9. The number of carbonyl (C=O) groups is 1. The number of carbonyl (C=O) groups excluding carboxylic acids is 1. The van der Waals surface area contributed by atoms with E-state index in [9.17, 15) is 4.79 Å². The number of nitrogens with two attached hydrogens (primary N) is 2. The van der Waals surface area contributed by atoms with E-state index in [1.165, 1.54) is 36.8 Å². The van der Waals surface area contributed by atoms with Crippen LogP contribution in [0.3, 0.4) is 0 Å². The molecule has 5 rings (SSSR count). The Morgan fingerprint density at radius 2 is 1.81 bits per heavy atom. The lowest BCUT2D eigenvalue weighted by atomic mass is 9.49. The lowest BCUT2D eigenvalue weighted by molar-refractivity contribution is -0.115. The monoisotopic (exact) mass is 366 g/mol. The molecule has 146 valence electrons. The van der Waals surface area contributed by atoms with Crippen LogP contribution in [0.1, 0.15) is 66.2 Å². The van der Waals surface area contributed by atoms with E-state index in [0.717, 1.165) is 12.0 Å². The molecule has 0 radical (unpaired) electrons. The fourth-order valence-corrected chi connectivity index (χ4v) is 8.10. The first-order valence-corrected chi connectivity index (χ1v) is 10.8. The van der Waals surface area contributed by atoms with E-state index < -0.39 is 5.54 Å². The number of ketones is 1. The van der Waals surface area contributed by atoms with Crippen molar-refractivity contribution in [3.05, 3.63) is 34.9 Å². The average Bonchev–Trinajstić information content (AvgIpc) is 3.05. The summed E-state index contributed by atoms with van der Waals surface area (Å²) in [4.78, 5) is 12.2. The van der Waals surface area contributed by atoms with Crippen LogP contribution in [0.5, 0.6) is 0 Å². The molecule has 3 heteroatoms. The van der Waals surface area contributed by atoms with Gasteiger partial charge in [0.15, 0.2) is 5.78 Å². The van der Waals surface area contributed by atoms with Crippen molar-refractivity contribution in [3.8, 4) is 0 Å². The zero-order chi connectivity index (χ0) is 19.4. The van der Waals surface area contributed by atoms with Crippen LogP contribution in [-0.2, 0) is 4.79 Å². The standard InChI is InChI=1S/C24H34N2O/c1-14-5-9-21(2)10-7-17-19-16(8-12-24(14,17)21)22(3)11-6-15(27)13-18(22)23(4,26)20(19)25/h8,12-14,17,20H,5-7,9-11,25-26H2,1-4H3/t14-,17?,20?,21-,22?,23?,24?/m1/s1. The summed E-state index contributed by atoms with van der Waals surface area (Å²) in [5.41, 5.74) is 17.5. The molecule has 2 fully saturated rings. The van der Waals surface area contributed by atoms with Gasteiger partial charge in [-0.3, -0.25) is 4.79 Å². The minimum atomic E-state index is -0.656. The lowest BCUT2D eigenvalue weighted by Crippen LogP contribution is -2.64. The number of hydrogen-bond donors (Lipinski definition) is 2. The van der Waals surface area contributed by atoms with E-state index in [1.54, 1.807) is 0 Å². The highest BCUT2D eigenvalue weighted by Gasteiger charge is 2.66. The summed E-state index contributed by atoms with van der Waals surface area (Å²) in [5, 5.41) is 0. The van der Waals surface area contributed by atoms with Crippen molar-refractivity contribution in [1.29, 1.82) is 0 Å². The van der Waals surface area contributed by atoms with Crippen LogP contribution in [0, 0.1) is 28.1 Å². The van der Waals surface area contributed by atoms with Gasteiger partial charge in [-0.15, -0.1) is 0 Å². The Morgan fingerprint density at radius 3 is 2.56 bits per heavy atom. The highest BCUT2D eigenvalue weighted by atomic mass is 16.1. The zero-order valence-corrected chi connectivity index (χ0v) is 17.3. The van der Waals surface area contributed by atoms with E-state index in [2.05, 4.69) is 39.8 Å². The molecule has 0 aromatic carbocycles. The molecule has 0 aliphatic heterocycles. The minimum absolute atomic E-state index is 0.151. The third-order valence-corrected chi connectivity index (χ3v) is 9.69. The van der Waals surface area contributed by atoms with Gasteiger partial charge in [0.05, 0.1) is 5.54 Å². The number of rotatable bonds is 0. The van der Waals surface area contributed by atoms with E-state index in [0.29, 0.717) is 23.7 Å². The molecular formula is C24H34N2O. The fraction of sp³-hybridized carbons (Fsp3) is 0.708. The van der Waals surface area contributed by atoms with Gasteiger partial charge >= 0.3 is 0 Å². The molecule has 0 aromatic heterocycles. The van der Waals surface area contributed by atoms with Crippen LogP contribution < -0.4 is 11.5 Å². The predicted octanol–water partition coefficient (Wildman–Crippen LogP) is 4.04. The minimum Gasteiger partial charge on any atom is -0.322 e. The second-order valence-electron chi connectivity index (χ2n) is 10.8. The molecule has 5 unspecified atom stereocenters. The van der Waals surface area contributed by atoms with Gasteiger partial charge in [-0.05, 0) is 79.1 Å². The summed E-state index contributed by atoms with van der Waals surface area (Å²) in [5.74, 6) is 1.40. The number of hydrogen-bond acceptors (Lipinski definition) is 3. The van der Waals surface area contributed by atoms with Gasteiger partial charge in [-0.25, -0.2) is 0 Å². The van der Waals surface area contributed by atoms with Crippen molar-refractivity contribution in [1.82, 2.24) is 0 Å². The first-order chi connectivity index (χ1) is 12.6. The highest BCUT2D eigenvalue weighted by Crippen LogP contribution is 2.73. The maximum atomic E-state index is 12.2. The molecule has 0 aromatic rings. The smallest absolute Gasteiger partial charge is 0.155 e. The van der Waals surface area contributed by atoms with Gasteiger partial charge < -0.3 is 11.5 Å². The molecule has 1 spiro atoms. The van der Waals surface area contributed by atoms with Crippen molar-refractivity contribution in [2.24, 2.45) is 39.5 Å². The Hall–Kier alpha value is -1.19.